The van der Waals surface area contributed by atoms with E-state index in [2.05, 4.69) is 54.4 Å². The molecule has 0 radical (unpaired) electrons. The number of carbonyl (C=O) groups excluding carboxylic acids is 1. The molecular weight excluding hydrogens is 441 g/mol. The maximum absolute atomic E-state index is 11.9. The van der Waals surface area contributed by atoms with Gasteiger partial charge in [-0.05, 0) is 58.3 Å². The van der Waals surface area contributed by atoms with Gasteiger partial charge in [-0.25, -0.2) is 16.0 Å². The van der Waals surface area contributed by atoms with Crippen LogP contribution < -0.4 is 5.32 Å². The van der Waals surface area contributed by atoms with E-state index in [1.807, 2.05) is 0 Å². The number of fused-ring (bicyclic) bond motifs is 1. The molecule has 0 aromatic carbocycles. The maximum Gasteiger partial charge on any atom is 0.407 e. The van der Waals surface area contributed by atoms with E-state index >= 15 is 0 Å². The Morgan fingerprint density at radius 3 is 2.30 bits per heavy atom. The Bertz CT molecular complexity index is 662. The first-order valence-electron chi connectivity index (χ1n) is 12.1. The van der Waals surface area contributed by atoms with Gasteiger partial charge in [0.25, 0.3) is 8.53 Å². The van der Waals surface area contributed by atoms with Crippen LogP contribution in [0.1, 0.15) is 53.4 Å². The van der Waals surface area contributed by atoms with Gasteiger partial charge in [0.1, 0.15) is 6.61 Å². The number of rotatable bonds is 15. The average molecular weight is 482 g/mol. The van der Waals surface area contributed by atoms with E-state index in [1.54, 1.807) is 0 Å². The molecule has 2 rings (SSSR count). The van der Waals surface area contributed by atoms with Gasteiger partial charge in [0, 0.05) is 31.5 Å². The maximum atomic E-state index is 11.9. The van der Waals surface area contributed by atoms with E-state index < -0.39 is 8.53 Å². The van der Waals surface area contributed by atoms with E-state index in [4.69, 9.17) is 25.1 Å². The molecule has 1 fully saturated rings. The van der Waals surface area contributed by atoms with Gasteiger partial charge in [0.2, 0.25) is 6.54 Å². The van der Waals surface area contributed by atoms with E-state index in [0.717, 1.165) is 25.7 Å². The highest BCUT2D eigenvalue weighted by molar-refractivity contribution is 7.44. The van der Waals surface area contributed by atoms with Gasteiger partial charge in [-0.2, -0.15) is 0 Å². The SMILES string of the molecule is [C-]#[N+]CCOP(OCCOCCNC(=O)OCC1[C@H]2CCC#CCC[C@@H]12)N(C(C)C)C(C)C. The average Bonchev–Trinajstić information content (AvgIpc) is 3.39. The summed E-state index contributed by atoms with van der Waals surface area (Å²) in [7, 11) is -1.25. The van der Waals surface area contributed by atoms with Crippen molar-refractivity contribution in [3.05, 3.63) is 11.4 Å². The minimum atomic E-state index is -1.25. The standard InChI is InChI=1S/C24H40N3O5P/c1-19(2)27(20(3)4)33(31-15-12-25-5)32-17-16-29-14-13-26-24(28)30-18-23-21-10-8-6-7-9-11-22(21)23/h19-23H,8-18H2,1-4H3,(H,26,28)/t21-,22+,23?,33?. The molecule has 0 bridgehead atoms. The normalized spacial score (nSPS) is 22.5. The zero-order valence-electron chi connectivity index (χ0n) is 20.5. The Kier molecular flexibility index (Phi) is 13.1. The fraction of sp³-hybridized carbons (Fsp3) is 0.833. The van der Waals surface area contributed by atoms with Gasteiger partial charge in [-0.3, -0.25) is 0 Å². The number of hydrogen-bond donors (Lipinski definition) is 1. The van der Waals surface area contributed by atoms with Gasteiger partial charge in [-0.1, -0.05) is 0 Å². The van der Waals surface area contributed by atoms with Crippen LogP contribution in [0.15, 0.2) is 0 Å². The van der Waals surface area contributed by atoms with Crippen LogP contribution in [0.3, 0.4) is 0 Å². The summed E-state index contributed by atoms with van der Waals surface area (Å²) in [5, 5.41) is 2.75. The third-order valence-electron chi connectivity index (χ3n) is 5.84. The second-order valence-corrected chi connectivity index (χ2v) is 10.4. The van der Waals surface area contributed by atoms with E-state index in [0.29, 0.717) is 63.9 Å². The molecule has 4 atom stereocenters. The predicted molar refractivity (Wildman–Crippen MR) is 129 cm³/mol. The van der Waals surface area contributed by atoms with Crippen LogP contribution in [0.4, 0.5) is 4.79 Å². The number of amides is 1. The molecule has 0 saturated heterocycles. The third-order valence-corrected chi connectivity index (χ3v) is 7.95. The first kappa shape index (κ1) is 27.8. The highest BCUT2D eigenvalue weighted by Gasteiger charge is 2.49. The molecule has 2 unspecified atom stereocenters. The monoisotopic (exact) mass is 481 g/mol. The number of ether oxygens (including phenoxy) is 2. The van der Waals surface area contributed by atoms with Crippen molar-refractivity contribution in [2.24, 2.45) is 17.8 Å². The lowest BCUT2D eigenvalue weighted by atomic mass is 10.1. The van der Waals surface area contributed by atoms with Crippen LogP contribution in [0.5, 0.6) is 0 Å². The van der Waals surface area contributed by atoms with Crippen LogP contribution in [0, 0.1) is 36.2 Å². The van der Waals surface area contributed by atoms with Crippen LogP contribution in [0.25, 0.3) is 4.85 Å². The minimum absolute atomic E-state index is 0.266. The Labute approximate surface area is 200 Å². The number of nitrogens with zero attached hydrogens (tertiary/aromatic N) is 2. The summed E-state index contributed by atoms with van der Waals surface area (Å²) in [4.78, 5) is 15.3. The van der Waals surface area contributed by atoms with Crippen molar-refractivity contribution in [1.82, 2.24) is 9.99 Å². The van der Waals surface area contributed by atoms with Crippen molar-refractivity contribution in [1.29, 1.82) is 0 Å². The first-order valence-corrected chi connectivity index (χ1v) is 13.2. The van der Waals surface area contributed by atoms with Crippen molar-refractivity contribution >= 4 is 14.6 Å². The Morgan fingerprint density at radius 1 is 1.06 bits per heavy atom. The van der Waals surface area contributed by atoms with Crippen molar-refractivity contribution in [3.63, 3.8) is 0 Å². The van der Waals surface area contributed by atoms with Crippen molar-refractivity contribution in [3.8, 4) is 11.8 Å². The summed E-state index contributed by atoms with van der Waals surface area (Å²) in [5.41, 5.74) is 0. The quantitative estimate of drug-likeness (QED) is 0.161. The molecule has 0 heterocycles. The fourth-order valence-corrected chi connectivity index (χ4v) is 5.88. The molecule has 0 aromatic heterocycles. The lowest BCUT2D eigenvalue weighted by Gasteiger charge is -2.35. The van der Waals surface area contributed by atoms with Crippen molar-refractivity contribution in [2.45, 2.75) is 65.5 Å². The molecule has 1 amide bonds. The second-order valence-electron chi connectivity index (χ2n) is 8.91. The second kappa shape index (κ2) is 15.5. The molecular formula is C24H40N3O5P. The molecule has 2 aliphatic rings. The van der Waals surface area contributed by atoms with Crippen LogP contribution in [-0.4, -0.2) is 69.0 Å². The Balaban J connectivity index is 1.54. The summed E-state index contributed by atoms with van der Waals surface area (Å²) >= 11 is 0. The lowest BCUT2D eigenvalue weighted by molar-refractivity contribution is 0.0867. The smallest absolute Gasteiger partial charge is 0.407 e. The molecule has 0 aliphatic heterocycles. The third kappa shape index (κ3) is 10.2. The van der Waals surface area contributed by atoms with Gasteiger partial charge >= 0.3 is 6.09 Å². The van der Waals surface area contributed by atoms with Crippen LogP contribution in [-0.2, 0) is 18.5 Å². The summed E-state index contributed by atoms with van der Waals surface area (Å²) in [5.74, 6) is 8.24. The Morgan fingerprint density at radius 2 is 1.70 bits per heavy atom. The van der Waals surface area contributed by atoms with Crippen LogP contribution >= 0.6 is 8.53 Å². The first-order chi connectivity index (χ1) is 16.0. The molecule has 9 heteroatoms. The van der Waals surface area contributed by atoms with E-state index in [1.165, 1.54) is 0 Å². The van der Waals surface area contributed by atoms with Gasteiger partial charge in [0.05, 0.1) is 26.4 Å². The zero-order chi connectivity index (χ0) is 24.1. The number of carbonyl (C=O) groups is 1. The van der Waals surface area contributed by atoms with Crippen molar-refractivity contribution in [2.75, 3.05) is 46.1 Å². The topological polar surface area (TPSA) is 73.6 Å². The summed E-state index contributed by atoms with van der Waals surface area (Å²) < 4.78 is 25.0. The molecule has 1 saturated carbocycles. The molecule has 0 spiro atoms. The van der Waals surface area contributed by atoms with Gasteiger partial charge < -0.3 is 28.7 Å². The lowest BCUT2D eigenvalue weighted by Crippen LogP contribution is -2.34. The van der Waals surface area contributed by atoms with Crippen molar-refractivity contribution < 1.29 is 23.3 Å². The molecule has 0 aromatic rings. The van der Waals surface area contributed by atoms with E-state index in [9.17, 15) is 4.79 Å². The number of hydrogen-bond acceptors (Lipinski definition) is 6. The Hall–Kier alpha value is -1.41. The minimum Gasteiger partial charge on any atom is -0.449 e. The predicted octanol–water partition coefficient (Wildman–Crippen LogP) is 4.47. The molecule has 1 N–H and O–H groups in total. The zero-order valence-corrected chi connectivity index (χ0v) is 21.4. The van der Waals surface area contributed by atoms with Gasteiger partial charge in [-0.15, -0.1) is 11.8 Å². The largest absolute Gasteiger partial charge is 0.449 e. The number of nitrogens with one attached hydrogen (secondary N) is 1. The number of alkyl carbamates (subject to hydrolysis) is 1. The molecule has 186 valence electrons. The van der Waals surface area contributed by atoms with Crippen LogP contribution in [0.2, 0.25) is 0 Å². The molecule has 33 heavy (non-hydrogen) atoms. The summed E-state index contributed by atoms with van der Waals surface area (Å²) in [6, 6.07) is 0.531. The van der Waals surface area contributed by atoms with E-state index in [-0.39, 0.29) is 18.2 Å². The fourth-order valence-electron chi connectivity index (χ4n) is 4.32. The molecule has 8 nitrogen and oxygen atoms in total. The summed E-state index contributed by atoms with van der Waals surface area (Å²) in [6.07, 6.45) is 3.80. The molecule has 2 aliphatic carbocycles. The summed E-state index contributed by atoms with van der Waals surface area (Å²) in [6.45, 7) is 18.1. The van der Waals surface area contributed by atoms with Gasteiger partial charge in [0.15, 0.2) is 0 Å². The highest BCUT2D eigenvalue weighted by Crippen LogP contribution is 2.52. The highest BCUT2D eigenvalue weighted by atomic mass is 31.2.